The molecule has 12 heavy (non-hydrogen) atoms. The van der Waals surface area contributed by atoms with E-state index in [2.05, 4.69) is 13.8 Å². The van der Waals surface area contributed by atoms with Gasteiger partial charge < -0.3 is 5.11 Å². The van der Waals surface area contributed by atoms with Crippen molar-refractivity contribution < 1.29 is 5.11 Å². The summed E-state index contributed by atoms with van der Waals surface area (Å²) >= 11 is 5.94. The van der Waals surface area contributed by atoms with Gasteiger partial charge in [-0.15, -0.1) is 0 Å². The van der Waals surface area contributed by atoms with Crippen LogP contribution in [0.5, 0.6) is 5.75 Å². The lowest BCUT2D eigenvalue weighted by Gasteiger charge is -2.10. The summed E-state index contributed by atoms with van der Waals surface area (Å²) in [7, 11) is 0. The molecule has 1 N–H and O–H groups in total. The number of hydrogen-bond donors (Lipinski definition) is 1. The molecule has 0 aliphatic rings. The first kappa shape index (κ1) is 9.40. The van der Waals surface area contributed by atoms with Crippen LogP contribution in [0.3, 0.4) is 0 Å². The quantitative estimate of drug-likeness (QED) is 0.709. The summed E-state index contributed by atoms with van der Waals surface area (Å²) in [4.78, 5) is 0. The maximum atomic E-state index is 9.50. The zero-order valence-electron chi connectivity index (χ0n) is 7.56. The van der Waals surface area contributed by atoms with E-state index in [4.69, 9.17) is 11.6 Å². The maximum absolute atomic E-state index is 9.50. The highest BCUT2D eigenvalue weighted by Gasteiger charge is 2.10. The normalized spacial score (nSPS) is 10.8. The van der Waals surface area contributed by atoms with Crippen molar-refractivity contribution in [3.8, 4) is 5.75 Å². The van der Waals surface area contributed by atoms with E-state index >= 15 is 0 Å². The van der Waals surface area contributed by atoms with Crippen LogP contribution in [0.15, 0.2) is 12.1 Å². The topological polar surface area (TPSA) is 20.2 Å². The highest BCUT2D eigenvalue weighted by atomic mass is 35.5. The number of rotatable bonds is 1. The zero-order chi connectivity index (χ0) is 9.30. The van der Waals surface area contributed by atoms with Crippen molar-refractivity contribution in [2.75, 3.05) is 0 Å². The van der Waals surface area contributed by atoms with Crippen molar-refractivity contribution in [3.63, 3.8) is 0 Å². The summed E-state index contributed by atoms with van der Waals surface area (Å²) in [6.07, 6.45) is 0. The van der Waals surface area contributed by atoms with Crippen molar-refractivity contribution in [1.29, 1.82) is 0 Å². The monoisotopic (exact) mass is 184 g/mol. The van der Waals surface area contributed by atoms with Crippen LogP contribution < -0.4 is 0 Å². The summed E-state index contributed by atoms with van der Waals surface area (Å²) < 4.78 is 0. The van der Waals surface area contributed by atoms with Gasteiger partial charge in [-0.05, 0) is 24.0 Å². The van der Waals surface area contributed by atoms with Gasteiger partial charge in [0.25, 0.3) is 0 Å². The van der Waals surface area contributed by atoms with Gasteiger partial charge in [-0.2, -0.15) is 0 Å². The second-order valence-corrected chi connectivity index (χ2v) is 3.67. The van der Waals surface area contributed by atoms with Crippen molar-refractivity contribution >= 4 is 11.6 Å². The maximum Gasteiger partial charge on any atom is 0.137 e. The van der Waals surface area contributed by atoms with Crippen LogP contribution in [0.1, 0.15) is 30.9 Å². The van der Waals surface area contributed by atoms with Gasteiger partial charge in [-0.3, -0.25) is 0 Å². The average molecular weight is 185 g/mol. The molecule has 0 aliphatic carbocycles. The molecule has 0 spiro atoms. The summed E-state index contributed by atoms with van der Waals surface area (Å²) in [6.45, 7) is 5.94. The Labute approximate surface area is 78.0 Å². The molecule has 0 bridgehead atoms. The lowest BCUT2D eigenvalue weighted by atomic mass is 10.0. The molecule has 1 nitrogen and oxygen atoms in total. The summed E-state index contributed by atoms with van der Waals surface area (Å²) in [5, 5.41) is 9.99. The molecule has 2 heteroatoms. The molecule has 0 heterocycles. The Morgan fingerprint density at radius 1 is 1.33 bits per heavy atom. The van der Waals surface area contributed by atoms with Gasteiger partial charge in [0.1, 0.15) is 5.75 Å². The van der Waals surface area contributed by atoms with Crippen LogP contribution in [-0.4, -0.2) is 5.11 Å². The van der Waals surface area contributed by atoms with Crippen LogP contribution in [0, 0.1) is 6.92 Å². The highest BCUT2D eigenvalue weighted by molar-refractivity contribution is 6.33. The van der Waals surface area contributed by atoms with Crippen molar-refractivity contribution in [2.45, 2.75) is 26.7 Å². The second kappa shape index (κ2) is 3.36. The third-order valence-corrected chi connectivity index (χ3v) is 2.37. The Morgan fingerprint density at radius 2 is 1.92 bits per heavy atom. The summed E-state index contributed by atoms with van der Waals surface area (Å²) in [5.74, 6) is 0.562. The minimum atomic E-state index is 0.211. The molecular formula is C10H13ClO. The lowest BCUT2D eigenvalue weighted by Crippen LogP contribution is -1.89. The Morgan fingerprint density at radius 3 is 2.42 bits per heavy atom. The fourth-order valence-corrected chi connectivity index (χ4v) is 1.55. The number of phenolic OH excluding ortho intramolecular Hbond substituents is 1. The van der Waals surface area contributed by atoms with Gasteiger partial charge >= 0.3 is 0 Å². The number of phenols is 1. The molecule has 1 aromatic carbocycles. The molecule has 0 atom stereocenters. The van der Waals surface area contributed by atoms with Gasteiger partial charge in [0, 0.05) is 0 Å². The molecule has 1 aromatic rings. The van der Waals surface area contributed by atoms with E-state index in [1.807, 2.05) is 19.1 Å². The number of aromatic hydroxyl groups is 1. The van der Waals surface area contributed by atoms with Gasteiger partial charge in [-0.1, -0.05) is 37.6 Å². The van der Waals surface area contributed by atoms with Gasteiger partial charge in [0.15, 0.2) is 0 Å². The molecule has 0 aromatic heterocycles. The molecule has 1 rings (SSSR count). The van der Waals surface area contributed by atoms with E-state index in [9.17, 15) is 5.11 Å². The first-order chi connectivity index (χ1) is 5.54. The first-order valence-electron chi connectivity index (χ1n) is 4.02. The molecule has 0 fully saturated rings. The SMILES string of the molecule is Cc1ccc(C(C)C)c(Cl)c1O. The third-order valence-electron chi connectivity index (χ3n) is 1.97. The largest absolute Gasteiger partial charge is 0.506 e. The lowest BCUT2D eigenvalue weighted by molar-refractivity contribution is 0.470. The standard InChI is InChI=1S/C10H13ClO/c1-6(2)8-5-4-7(3)10(12)9(8)11/h4-6,12H,1-3H3. The molecule has 0 saturated carbocycles. The van der Waals surface area contributed by atoms with Crippen LogP contribution in [0.25, 0.3) is 0 Å². The third kappa shape index (κ3) is 1.56. The molecule has 0 amide bonds. The average Bonchev–Trinajstić information content (AvgIpc) is 2.00. The Bertz CT molecular complexity index is 292. The van der Waals surface area contributed by atoms with Crippen molar-refractivity contribution in [2.24, 2.45) is 0 Å². The number of halogens is 1. The zero-order valence-corrected chi connectivity index (χ0v) is 8.31. The first-order valence-corrected chi connectivity index (χ1v) is 4.39. The molecule has 0 aliphatic heterocycles. The summed E-state index contributed by atoms with van der Waals surface area (Å²) in [5.41, 5.74) is 1.82. The Kier molecular flexibility index (Phi) is 2.63. The minimum Gasteiger partial charge on any atom is -0.506 e. The van der Waals surface area contributed by atoms with Gasteiger partial charge in [0.2, 0.25) is 0 Å². The van der Waals surface area contributed by atoms with Crippen LogP contribution >= 0.6 is 11.6 Å². The molecule has 66 valence electrons. The van der Waals surface area contributed by atoms with Crippen molar-refractivity contribution in [3.05, 3.63) is 28.3 Å². The van der Waals surface area contributed by atoms with Gasteiger partial charge in [0.05, 0.1) is 5.02 Å². The number of hydrogen-bond acceptors (Lipinski definition) is 1. The highest BCUT2D eigenvalue weighted by Crippen LogP contribution is 2.34. The van der Waals surface area contributed by atoms with E-state index in [-0.39, 0.29) is 5.75 Å². The van der Waals surface area contributed by atoms with E-state index in [1.54, 1.807) is 0 Å². The summed E-state index contributed by atoms with van der Waals surface area (Å²) in [6, 6.07) is 3.85. The van der Waals surface area contributed by atoms with E-state index in [0.717, 1.165) is 11.1 Å². The van der Waals surface area contributed by atoms with Crippen LogP contribution in [-0.2, 0) is 0 Å². The van der Waals surface area contributed by atoms with Crippen LogP contribution in [0.4, 0.5) is 0 Å². The Hall–Kier alpha value is -0.690. The van der Waals surface area contributed by atoms with E-state index < -0.39 is 0 Å². The fourth-order valence-electron chi connectivity index (χ4n) is 1.12. The molecule has 0 radical (unpaired) electrons. The predicted octanol–water partition coefficient (Wildman–Crippen LogP) is 3.48. The fraction of sp³-hybridized carbons (Fsp3) is 0.400. The Balaban J connectivity index is 3.27. The molecule has 0 unspecified atom stereocenters. The molecular weight excluding hydrogens is 172 g/mol. The van der Waals surface area contributed by atoms with Gasteiger partial charge in [-0.25, -0.2) is 0 Å². The minimum absolute atomic E-state index is 0.211. The predicted molar refractivity (Wildman–Crippen MR) is 51.9 cm³/mol. The number of aryl methyl sites for hydroxylation is 1. The van der Waals surface area contributed by atoms with E-state index in [1.165, 1.54) is 0 Å². The van der Waals surface area contributed by atoms with E-state index in [0.29, 0.717) is 10.9 Å². The van der Waals surface area contributed by atoms with Crippen LogP contribution in [0.2, 0.25) is 5.02 Å². The smallest absolute Gasteiger partial charge is 0.137 e. The second-order valence-electron chi connectivity index (χ2n) is 3.29. The molecule has 0 saturated heterocycles. The number of benzene rings is 1. The van der Waals surface area contributed by atoms with Crippen molar-refractivity contribution in [1.82, 2.24) is 0 Å².